The molecule has 0 saturated carbocycles. The summed E-state index contributed by atoms with van der Waals surface area (Å²) in [6.07, 6.45) is 7.60. The average Bonchev–Trinajstić information content (AvgIpc) is 2.58. The van der Waals surface area contributed by atoms with Gasteiger partial charge in [0.25, 0.3) is 0 Å². The smallest absolute Gasteiger partial charge is 0.0996 e. The predicted molar refractivity (Wildman–Crippen MR) is 67.8 cm³/mol. The lowest BCUT2D eigenvalue weighted by molar-refractivity contribution is 0.491. The lowest BCUT2D eigenvalue weighted by atomic mass is 10.1. The van der Waals surface area contributed by atoms with Crippen molar-refractivity contribution in [2.24, 2.45) is 0 Å². The summed E-state index contributed by atoms with van der Waals surface area (Å²) in [5.41, 5.74) is 0.860. The molecule has 0 N–H and O–H groups in total. The maximum absolute atomic E-state index is 5.55. The van der Waals surface area contributed by atoms with Crippen LogP contribution in [-0.2, 0) is 5.54 Å². The Hall–Kier alpha value is -1.20. The maximum atomic E-state index is 5.55. The molecule has 0 spiro atoms. The van der Waals surface area contributed by atoms with Crippen LogP contribution >= 0.6 is 15.9 Å². The highest BCUT2D eigenvalue weighted by Crippen LogP contribution is 2.30. The summed E-state index contributed by atoms with van der Waals surface area (Å²) in [7, 11) is 0. The molecule has 0 fully saturated rings. The van der Waals surface area contributed by atoms with Crippen LogP contribution < -0.4 is 0 Å². The van der Waals surface area contributed by atoms with Crippen molar-refractivity contribution in [1.29, 1.82) is 0 Å². The molecular formula is C13H12BrN. The number of fused-ring (bicyclic) bond motifs is 1. The topological polar surface area (TPSA) is 4.93 Å². The molecule has 1 nitrogen and oxygen atoms in total. The number of nitrogens with zero attached hydrogens (tertiary/aromatic N) is 1. The van der Waals surface area contributed by atoms with E-state index in [0.29, 0.717) is 0 Å². The number of hydrogen-bond acceptors (Lipinski definition) is 0. The van der Waals surface area contributed by atoms with E-state index in [1.807, 2.05) is 32.2 Å². The number of benzene rings is 1. The SMILES string of the molecule is C#CC(C)(C)n1cc(Br)c2ccccc21. The Kier molecular flexibility index (Phi) is 2.36. The van der Waals surface area contributed by atoms with Gasteiger partial charge in [-0.05, 0) is 35.8 Å². The lowest BCUT2D eigenvalue weighted by Gasteiger charge is -2.21. The molecule has 2 aromatic rings. The molecule has 15 heavy (non-hydrogen) atoms. The zero-order valence-electron chi connectivity index (χ0n) is 8.79. The Morgan fingerprint density at radius 2 is 2.00 bits per heavy atom. The van der Waals surface area contributed by atoms with Gasteiger partial charge >= 0.3 is 0 Å². The minimum absolute atomic E-state index is 0.300. The molecule has 0 amide bonds. The van der Waals surface area contributed by atoms with E-state index in [0.717, 1.165) is 9.99 Å². The number of aromatic nitrogens is 1. The minimum Gasteiger partial charge on any atom is -0.330 e. The van der Waals surface area contributed by atoms with Crippen LogP contribution in [0.25, 0.3) is 10.9 Å². The van der Waals surface area contributed by atoms with E-state index in [9.17, 15) is 0 Å². The molecule has 2 heteroatoms. The largest absolute Gasteiger partial charge is 0.330 e. The molecule has 76 valence electrons. The molecular weight excluding hydrogens is 250 g/mol. The Morgan fingerprint density at radius 3 is 2.67 bits per heavy atom. The van der Waals surface area contributed by atoms with Crippen molar-refractivity contribution in [3.63, 3.8) is 0 Å². The van der Waals surface area contributed by atoms with Crippen LogP contribution in [0.1, 0.15) is 13.8 Å². The van der Waals surface area contributed by atoms with Crippen molar-refractivity contribution in [1.82, 2.24) is 4.57 Å². The fourth-order valence-corrected chi connectivity index (χ4v) is 2.21. The van der Waals surface area contributed by atoms with Crippen molar-refractivity contribution in [2.75, 3.05) is 0 Å². The minimum atomic E-state index is -0.300. The van der Waals surface area contributed by atoms with Crippen molar-refractivity contribution in [3.05, 3.63) is 34.9 Å². The van der Waals surface area contributed by atoms with Gasteiger partial charge in [-0.15, -0.1) is 6.42 Å². The highest BCUT2D eigenvalue weighted by Gasteiger charge is 2.19. The summed E-state index contributed by atoms with van der Waals surface area (Å²) in [5.74, 6) is 2.81. The van der Waals surface area contributed by atoms with Gasteiger partial charge in [-0.3, -0.25) is 0 Å². The highest BCUT2D eigenvalue weighted by atomic mass is 79.9. The number of hydrogen-bond donors (Lipinski definition) is 0. The standard InChI is InChI=1S/C13H12BrN/c1-4-13(2,3)15-9-11(14)10-7-5-6-8-12(10)15/h1,5-9H,2-3H3. The molecule has 1 aromatic heterocycles. The fraction of sp³-hybridized carbons (Fsp3) is 0.231. The zero-order valence-corrected chi connectivity index (χ0v) is 10.4. The molecule has 0 aliphatic carbocycles. The van der Waals surface area contributed by atoms with Crippen LogP contribution in [-0.4, -0.2) is 4.57 Å². The lowest BCUT2D eigenvalue weighted by Crippen LogP contribution is -2.22. The molecule has 0 unspecified atom stereocenters. The van der Waals surface area contributed by atoms with E-state index in [1.54, 1.807) is 0 Å². The first-order chi connectivity index (χ1) is 7.06. The van der Waals surface area contributed by atoms with Gasteiger partial charge in [0.05, 0.1) is 11.1 Å². The van der Waals surface area contributed by atoms with Crippen LogP contribution in [0.4, 0.5) is 0 Å². The second kappa shape index (κ2) is 3.43. The molecule has 0 radical (unpaired) electrons. The second-order valence-corrected chi connectivity index (χ2v) is 4.92. The van der Waals surface area contributed by atoms with Gasteiger partial charge in [0.15, 0.2) is 0 Å². The van der Waals surface area contributed by atoms with Crippen LogP contribution in [0, 0.1) is 12.3 Å². The van der Waals surface area contributed by atoms with E-state index in [1.165, 1.54) is 5.39 Å². The van der Waals surface area contributed by atoms with E-state index in [-0.39, 0.29) is 5.54 Å². The van der Waals surface area contributed by atoms with Crippen LogP contribution in [0.5, 0.6) is 0 Å². The normalized spacial score (nSPS) is 11.6. The monoisotopic (exact) mass is 261 g/mol. The Bertz CT molecular complexity index is 543. The van der Waals surface area contributed by atoms with E-state index in [4.69, 9.17) is 6.42 Å². The van der Waals surface area contributed by atoms with Gasteiger partial charge in [0, 0.05) is 16.1 Å². The van der Waals surface area contributed by atoms with Gasteiger partial charge in [-0.1, -0.05) is 24.1 Å². The fourth-order valence-electron chi connectivity index (χ4n) is 1.67. The van der Waals surface area contributed by atoms with Crippen LogP contribution in [0.15, 0.2) is 34.9 Å². The van der Waals surface area contributed by atoms with Crippen molar-refractivity contribution < 1.29 is 0 Å². The van der Waals surface area contributed by atoms with Gasteiger partial charge in [-0.2, -0.15) is 0 Å². The Morgan fingerprint density at radius 1 is 1.33 bits per heavy atom. The molecule has 0 aliphatic heterocycles. The molecule has 1 aromatic carbocycles. The third-order valence-corrected chi connectivity index (χ3v) is 3.25. The molecule has 0 aliphatic rings. The highest BCUT2D eigenvalue weighted by molar-refractivity contribution is 9.10. The van der Waals surface area contributed by atoms with Gasteiger partial charge in [0.1, 0.15) is 0 Å². The van der Waals surface area contributed by atoms with Crippen molar-refractivity contribution in [3.8, 4) is 12.3 Å². The predicted octanol–water partition coefficient (Wildman–Crippen LogP) is 3.77. The summed E-state index contributed by atoms with van der Waals surface area (Å²) in [5, 5.41) is 1.20. The maximum Gasteiger partial charge on any atom is 0.0996 e. The van der Waals surface area contributed by atoms with Crippen LogP contribution in [0.2, 0.25) is 0 Å². The molecule has 0 atom stereocenters. The Balaban J connectivity index is 2.80. The average molecular weight is 262 g/mol. The summed E-state index contributed by atoms with van der Waals surface area (Å²) in [4.78, 5) is 0. The molecule has 1 heterocycles. The van der Waals surface area contributed by atoms with Gasteiger partial charge < -0.3 is 4.57 Å². The molecule has 2 rings (SSSR count). The number of halogens is 1. The zero-order chi connectivity index (χ0) is 11.1. The summed E-state index contributed by atoms with van der Waals surface area (Å²) < 4.78 is 3.20. The third-order valence-electron chi connectivity index (χ3n) is 2.62. The number of rotatable bonds is 1. The van der Waals surface area contributed by atoms with E-state index in [2.05, 4.69) is 38.6 Å². The van der Waals surface area contributed by atoms with Crippen molar-refractivity contribution >= 4 is 26.8 Å². The van der Waals surface area contributed by atoms with E-state index >= 15 is 0 Å². The molecule has 0 saturated heterocycles. The first kappa shape index (κ1) is 10.3. The molecule has 0 bridgehead atoms. The number of terminal acetylenes is 1. The van der Waals surface area contributed by atoms with Crippen LogP contribution in [0.3, 0.4) is 0 Å². The Labute approximate surface area is 98.2 Å². The van der Waals surface area contributed by atoms with Gasteiger partial charge in [0.2, 0.25) is 0 Å². The second-order valence-electron chi connectivity index (χ2n) is 4.07. The third kappa shape index (κ3) is 1.57. The number of para-hydroxylation sites is 1. The summed E-state index contributed by atoms with van der Waals surface area (Å²) in [6.45, 7) is 4.07. The first-order valence-corrected chi connectivity index (χ1v) is 5.59. The quantitative estimate of drug-likeness (QED) is 0.689. The van der Waals surface area contributed by atoms with E-state index < -0.39 is 0 Å². The summed E-state index contributed by atoms with van der Waals surface area (Å²) >= 11 is 3.55. The van der Waals surface area contributed by atoms with Crippen molar-refractivity contribution in [2.45, 2.75) is 19.4 Å². The summed E-state index contributed by atoms with van der Waals surface area (Å²) in [6, 6.07) is 8.22. The first-order valence-electron chi connectivity index (χ1n) is 4.80. The van der Waals surface area contributed by atoms with Gasteiger partial charge in [-0.25, -0.2) is 0 Å².